The Balaban J connectivity index is 3.10. The molecule has 178 valence electrons. The number of carbonyl (C=O) groups is 2. The predicted molar refractivity (Wildman–Crippen MR) is 124 cm³/mol. The lowest BCUT2D eigenvalue weighted by Gasteiger charge is -2.09. The van der Waals surface area contributed by atoms with Gasteiger partial charge in [0.2, 0.25) is 0 Å². The smallest absolute Gasteiger partial charge is 0.323 e. The molecular weight excluding hydrogens is 378 g/mol. The molecule has 0 aromatic rings. The van der Waals surface area contributed by atoms with Gasteiger partial charge in [0, 0.05) is 6.42 Å². The molecule has 0 heterocycles. The van der Waals surface area contributed by atoms with Gasteiger partial charge in [-0.3, -0.25) is 4.79 Å². The largest absolute Gasteiger partial charge is 0.480 e. The zero-order valence-corrected chi connectivity index (χ0v) is 19.4. The van der Waals surface area contributed by atoms with Gasteiger partial charge < -0.3 is 15.1 Å². The van der Waals surface area contributed by atoms with Crippen molar-refractivity contribution in [3.05, 3.63) is 0 Å². The SMILES string of the molecule is O=CCCCCCCCCCCCCCCCCCCCCCCC(NO)C(=O)O. The molecule has 0 aliphatic heterocycles. The summed E-state index contributed by atoms with van der Waals surface area (Å²) >= 11 is 0. The molecule has 0 fully saturated rings. The average Bonchev–Trinajstić information content (AvgIpc) is 2.74. The molecule has 0 spiro atoms. The Morgan fingerprint density at radius 2 is 0.900 bits per heavy atom. The average molecular weight is 428 g/mol. The third-order valence-corrected chi connectivity index (χ3v) is 6.02. The van der Waals surface area contributed by atoms with E-state index in [1.54, 1.807) is 0 Å². The van der Waals surface area contributed by atoms with Crippen LogP contribution in [-0.2, 0) is 9.59 Å². The molecule has 0 saturated heterocycles. The van der Waals surface area contributed by atoms with E-state index in [0.29, 0.717) is 6.42 Å². The highest BCUT2D eigenvalue weighted by atomic mass is 16.5. The molecule has 5 nitrogen and oxygen atoms in total. The molecule has 0 amide bonds. The first-order valence-corrected chi connectivity index (χ1v) is 12.8. The first-order chi connectivity index (χ1) is 14.7. The van der Waals surface area contributed by atoms with Gasteiger partial charge in [-0.15, -0.1) is 0 Å². The van der Waals surface area contributed by atoms with Crippen molar-refractivity contribution in [1.29, 1.82) is 0 Å². The highest BCUT2D eigenvalue weighted by molar-refractivity contribution is 5.73. The van der Waals surface area contributed by atoms with Crippen LogP contribution in [-0.4, -0.2) is 28.6 Å². The van der Waals surface area contributed by atoms with E-state index in [1.807, 2.05) is 5.48 Å². The summed E-state index contributed by atoms with van der Waals surface area (Å²) in [4.78, 5) is 21.0. The van der Waals surface area contributed by atoms with Crippen LogP contribution in [0.3, 0.4) is 0 Å². The molecule has 30 heavy (non-hydrogen) atoms. The number of carboxylic acids is 1. The number of hydroxylamine groups is 1. The van der Waals surface area contributed by atoms with Crippen molar-refractivity contribution < 1.29 is 19.9 Å². The molecule has 0 radical (unpaired) electrons. The number of unbranched alkanes of at least 4 members (excludes halogenated alkanes) is 20. The Morgan fingerprint density at radius 1 is 0.600 bits per heavy atom. The summed E-state index contributed by atoms with van der Waals surface area (Å²) in [5, 5.41) is 17.5. The van der Waals surface area contributed by atoms with Gasteiger partial charge in [0.15, 0.2) is 0 Å². The number of nitrogens with one attached hydrogen (secondary N) is 1. The molecule has 1 unspecified atom stereocenters. The minimum Gasteiger partial charge on any atom is -0.480 e. The van der Waals surface area contributed by atoms with Crippen LogP contribution in [0.15, 0.2) is 0 Å². The molecule has 0 saturated carbocycles. The van der Waals surface area contributed by atoms with Crippen LogP contribution >= 0.6 is 0 Å². The number of aliphatic carboxylic acids is 1. The summed E-state index contributed by atoms with van der Waals surface area (Å²) in [7, 11) is 0. The van der Waals surface area contributed by atoms with E-state index in [0.717, 1.165) is 38.4 Å². The van der Waals surface area contributed by atoms with E-state index in [-0.39, 0.29) is 0 Å². The van der Waals surface area contributed by atoms with Crippen molar-refractivity contribution >= 4 is 12.3 Å². The predicted octanol–water partition coefficient (Wildman–Crippen LogP) is 7.20. The Kier molecular flexibility index (Phi) is 23.6. The molecule has 0 aromatic carbocycles. The van der Waals surface area contributed by atoms with E-state index in [9.17, 15) is 9.59 Å². The van der Waals surface area contributed by atoms with Crippen LogP contribution in [0.2, 0.25) is 0 Å². The quantitative estimate of drug-likeness (QED) is 0.0814. The summed E-state index contributed by atoms with van der Waals surface area (Å²) in [6.07, 6.45) is 27.9. The van der Waals surface area contributed by atoms with Gasteiger partial charge in [-0.25, -0.2) is 0 Å². The fourth-order valence-corrected chi connectivity index (χ4v) is 4.00. The Hall–Kier alpha value is -0.940. The highest BCUT2D eigenvalue weighted by Gasteiger charge is 2.14. The van der Waals surface area contributed by atoms with Gasteiger partial charge in [-0.1, -0.05) is 122 Å². The Morgan fingerprint density at radius 3 is 1.17 bits per heavy atom. The maximum atomic E-state index is 10.7. The lowest BCUT2D eigenvalue weighted by atomic mass is 10.0. The van der Waals surface area contributed by atoms with Crippen molar-refractivity contribution in [2.75, 3.05) is 0 Å². The summed E-state index contributed by atoms with van der Waals surface area (Å²) in [5.41, 5.74) is 1.86. The summed E-state index contributed by atoms with van der Waals surface area (Å²) in [6, 6.07) is -0.819. The topological polar surface area (TPSA) is 86.6 Å². The molecule has 3 N–H and O–H groups in total. The van der Waals surface area contributed by atoms with Gasteiger partial charge >= 0.3 is 5.97 Å². The normalized spacial score (nSPS) is 12.2. The van der Waals surface area contributed by atoms with Crippen molar-refractivity contribution in [2.45, 2.75) is 147 Å². The third kappa shape index (κ3) is 21.8. The minimum atomic E-state index is -0.979. The maximum Gasteiger partial charge on any atom is 0.323 e. The molecule has 0 aromatic heterocycles. The van der Waals surface area contributed by atoms with E-state index < -0.39 is 12.0 Å². The monoisotopic (exact) mass is 427 g/mol. The second kappa shape index (κ2) is 24.3. The Labute approximate surface area is 185 Å². The first kappa shape index (κ1) is 29.1. The van der Waals surface area contributed by atoms with Crippen molar-refractivity contribution in [3.8, 4) is 0 Å². The van der Waals surface area contributed by atoms with Crippen molar-refractivity contribution in [2.24, 2.45) is 0 Å². The number of aldehydes is 1. The van der Waals surface area contributed by atoms with E-state index in [2.05, 4.69) is 0 Å². The van der Waals surface area contributed by atoms with E-state index in [4.69, 9.17) is 10.3 Å². The number of rotatable bonds is 25. The molecule has 0 rings (SSSR count). The van der Waals surface area contributed by atoms with Gasteiger partial charge in [0.25, 0.3) is 0 Å². The second-order valence-electron chi connectivity index (χ2n) is 8.84. The van der Waals surface area contributed by atoms with E-state index in [1.165, 1.54) is 103 Å². The first-order valence-electron chi connectivity index (χ1n) is 12.8. The van der Waals surface area contributed by atoms with Crippen molar-refractivity contribution in [1.82, 2.24) is 5.48 Å². The standard InChI is InChI=1S/C25H49NO4/c27-23-21-19-17-15-13-11-9-7-5-3-1-2-4-6-8-10-12-14-16-18-20-22-24(26-30)25(28)29/h23-24,26,30H,1-22H2,(H,28,29). The third-order valence-electron chi connectivity index (χ3n) is 6.02. The van der Waals surface area contributed by atoms with Crippen LogP contribution in [0.4, 0.5) is 0 Å². The fraction of sp³-hybridized carbons (Fsp3) is 0.920. The number of hydrogen-bond donors (Lipinski definition) is 3. The Bertz CT molecular complexity index is 376. The van der Waals surface area contributed by atoms with Crippen LogP contribution in [0.25, 0.3) is 0 Å². The molecule has 1 atom stereocenters. The van der Waals surface area contributed by atoms with Gasteiger partial charge in [-0.05, 0) is 12.8 Å². The van der Waals surface area contributed by atoms with Gasteiger partial charge in [0.05, 0.1) is 0 Å². The summed E-state index contributed by atoms with van der Waals surface area (Å²) in [6.45, 7) is 0. The number of carbonyl (C=O) groups excluding carboxylic acids is 1. The second-order valence-corrected chi connectivity index (χ2v) is 8.84. The maximum absolute atomic E-state index is 10.7. The lowest BCUT2D eigenvalue weighted by molar-refractivity contribution is -0.142. The highest BCUT2D eigenvalue weighted by Crippen LogP contribution is 2.15. The summed E-state index contributed by atoms with van der Waals surface area (Å²) in [5.74, 6) is -0.979. The van der Waals surface area contributed by atoms with E-state index >= 15 is 0 Å². The van der Waals surface area contributed by atoms with Crippen LogP contribution < -0.4 is 5.48 Å². The lowest BCUT2D eigenvalue weighted by Crippen LogP contribution is -2.34. The minimum absolute atomic E-state index is 0.495. The zero-order chi connectivity index (χ0) is 22.1. The molecule has 0 aliphatic rings. The van der Waals surface area contributed by atoms with Crippen LogP contribution in [0, 0.1) is 0 Å². The number of carboxylic acid groups (broad SMARTS) is 1. The number of hydrogen-bond acceptors (Lipinski definition) is 4. The van der Waals surface area contributed by atoms with Crippen molar-refractivity contribution in [3.63, 3.8) is 0 Å². The summed E-state index contributed by atoms with van der Waals surface area (Å²) < 4.78 is 0. The fourth-order valence-electron chi connectivity index (χ4n) is 4.00. The molecule has 0 bridgehead atoms. The molecule has 5 heteroatoms. The molecule has 0 aliphatic carbocycles. The van der Waals surface area contributed by atoms with Crippen LogP contribution in [0.1, 0.15) is 141 Å². The zero-order valence-electron chi connectivity index (χ0n) is 19.4. The van der Waals surface area contributed by atoms with Gasteiger partial charge in [-0.2, -0.15) is 5.48 Å². The molecular formula is C25H49NO4. The van der Waals surface area contributed by atoms with Crippen LogP contribution in [0.5, 0.6) is 0 Å². The van der Waals surface area contributed by atoms with Gasteiger partial charge in [0.1, 0.15) is 12.3 Å².